The molecule has 3 heteroatoms. The Hall–Kier alpha value is -4.11. The van der Waals surface area contributed by atoms with E-state index < -0.39 is 0 Å². The molecule has 0 spiro atoms. The summed E-state index contributed by atoms with van der Waals surface area (Å²) < 4.78 is 6.45. The Morgan fingerprint density at radius 3 is 2.00 bits per heavy atom. The number of hydrogen-bond acceptors (Lipinski definition) is 3. The molecule has 0 atom stereocenters. The monoisotopic (exact) mass is 418 g/mol. The lowest BCUT2D eigenvalue weighted by Crippen LogP contribution is -1.91. The molecular formula is C29H26N2O. The zero-order valence-corrected chi connectivity index (χ0v) is 17.2. The maximum absolute atomic E-state index is 6.45. The van der Waals surface area contributed by atoms with Gasteiger partial charge in [0.15, 0.2) is 5.76 Å². The van der Waals surface area contributed by atoms with Gasteiger partial charge in [-0.05, 0) is 41.8 Å². The van der Waals surface area contributed by atoms with Gasteiger partial charge in [0, 0.05) is 22.4 Å². The van der Waals surface area contributed by atoms with Crippen LogP contribution in [0.3, 0.4) is 0 Å². The molecule has 0 unspecified atom stereocenters. The van der Waals surface area contributed by atoms with Gasteiger partial charge in [0.25, 0.3) is 0 Å². The largest absolute Gasteiger partial charge is 0.435 e. The zero-order valence-electron chi connectivity index (χ0n) is 17.2. The number of rotatable bonds is 4. The molecule has 0 bridgehead atoms. The quantitative estimate of drug-likeness (QED) is 0.302. The van der Waals surface area contributed by atoms with Gasteiger partial charge in [-0.15, -0.1) is 0 Å². The van der Waals surface area contributed by atoms with Crippen LogP contribution in [0, 0.1) is 6.92 Å². The molecule has 0 radical (unpaired) electrons. The summed E-state index contributed by atoms with van der Waals surface area (Å²) in [6, 6.07) is 34.4. The van der Waals surface area contributed by atoms with Crippen LogP contribution < -0.4 is 5.73 Å². The minimum absolute atomic E-state index is 0. The molecule has 3 nitrogen and oxygen atoms in total. The first kappa shape index (κ1) is 21.1. The summed E-state index contributed by atoms with van der Waals surface area (Å²) in [6.07, 6.45) is 0. The highest BCUT2D eigenvalue weighted by molar-refractivity contribution is 5.86. The predicted molar refractivity (Wildman–Crippen MR) is 134 cm³/mol. The third-order valence-corrected chi connectivity index (χ3v) is 5.39. The van der Waals surface area contributed by atoms with Gasteiger partial charge >= 0.3 is 0 Å². The van der Waals surface area contributed by atoms with Crippen LogP contribution in [0.1, 0.15) is 13.0 Å². The number of nitrogens with zero attached hydrogens (tertiary/aromatic N) is 1. The summed E-state index contributed by atoms with van der Waals surface area (Å²) in [5.41, 5.74) is 13.9. The molecule has 5 rings (SSSR count). The minimum Gasteiger partial charge on any atom is -0.435 e. The first-order chi connectivity index (χ1) is 15.2. The van der Waals surface area contributed by atoms with Gasteiger partial charge in [-0.1, -0.05) is 92.4 Å². The van der Waals surface area contributed by atoms with Crippen molar-refractivity contribution in [1.82, 2.24) is 4.98 Å². The molecule has 0 amide bonds. The van der Waals surface area contributed by atoms with Crippen molar-refractivity contribution in [3.63, 3.8) is 0 Å². The number of anilines is 1. The highest BCUT2D eigenvalue weighted by atomic mass is 16.4. The molecule has 5 aromatic rings. The molecule has 0 aliphatic heterocycles. The first-order valence-corrected chi connectivity index (χ1v) is 10.3. The van der Waals surface area contributed by atoms with Crippen molar-refractivity contribution < 1.29 is 4.42 Å². The van der Waals surface area contributed by atoms with Crippen LogP contribution in [0.25, 0.3) is 45.2 Å². The van der Waals surface area contributed by atoms with E-state index >= 15 is 0 Å². The van der Waals surface area contributed by atoms with E-state index in [0.717, 1.165) is 50.5 Å². The van der Waals surface area contributed by atoms with Crippen LogP contribution in [0.2, 0.25) is 0 Å². The summed E-state index contributed by atoms with van der Waals surface area (Å²) in [5, 5.41) is 0. The molecule has 0 fully saturated rings. The van der Waals surface area contributed by atoms with Crippen LogP contribution >= 0.6 is 0 Å². The van der Waals surface area contributed by atoms with E-state index in [0.29, 0.717) is 5.89 Å². The Morgan fingerprint density at radius 2 is 1.31 bits per heavy atom. The molecule has 158 valence electrons. The second-order valence-corrected chi connectivity index (χ2v) is 7.55. The Bertz CT molecular complexity index is 1280. The smallest absolute Gasteiger partial charge is 0.228 e. The second-order valence-electron chi connectivity index (χ2n) is 7.55. The summed E-state index contributed by atoms with van der Waals surface area (Å²) in [5.74, 6) is 1.36. The van der Waals surface area contributed by atoms with Gasteiger partial charge in [-0.25, -0.2) is 4.98 Å². The number of nitrogens with two attached hydrogens (primary N) is 1. The Kier molecular flexibility index (Phi) is 5.91. The lowest BCUT2D eigenvalue weighted by molar-refractivity contribution is 0.589. The van der Waals surface area contributed by atoms with Crippen LogP contribution in [0.15, 0.2) is 108 Å². The lowest BCUT2D eigenvalue weighted by atomic mass is 9.94. The van der Waals surface area contributed by atoms with Crippen LogP contribution in [-0.4, -0.2) is 4.98 Å². The van der Waals surface area contributed by atoms with Crippen molar-refractivity contribution >= 4 is 5.69 Å². The summed E-state index contributed by atoms with van der Waals surface area (Å²) >= 11 is 0. The molecule has 1 aromatic heterocycles. The topological polar surface area (TPSA) is 52.0 Å². The highest BCUT2D eigenvalue weighted by Crippen LogP contribution is 2.40. The molecular weight excluding hydrogens is 392 g/mol. The third-order valence-electron chi connectivity index (χ3n) is 5.39. The zero-order chi connectivity index (χ0) is 21.2. The Balaban J connectivity index is 0.00000245. The van der Waals surface area contributed by atoms with Crippen LogP contribution in [0.5, 0.6) is 0 Å². The maximum atomic E-state index is 6.45. The van der Waals surface area contributed by atoms with E-state index in [4.69, 9.17) is 15.1 Å². The highest BCUT2D eigenvalue weighted by Gasteiger charge is 2.21. The fourth-order valence-corrected chi connectivity index (χ4v) is 3.94. The van der Waals surface area contributed by atoms with E-state index in [1.54, 1.807) is 0 Å². The lowest BCUT2D eigenvalue weighted by Gasteiger charge is -2.11. The standard InChI is InChI=1S/C28H22N2O.CH4/c1-19-10-8-17-24(25(19)22-15-9-16-23(29)18-22)28-30-26(20-11-4-2-5-12-20)27(31-28)21-13-6-3-7-14-21;/h2-18H,29H2,1H3;1H4. The third kappa shape index (κ3) is 3.93. The molecule has 4 aromatic carbocycles. The van der Waals surface area contributed by atoms with Gasteiger partial charge in [0.2, 0.25) is 5.89 Å². The minimum atomic E-state index is 0. The van der Waals surface area contributed by atoms with Gasteiger partial charge in [-0.3, -0.25) is 0 Å². The van der Waals surface area contributed by atoms with E-state index in [1.165, 1.54) is 0 Å². The number of hydrogen-bond donors (Lipinski definition) is 1. The molecule has 0 saturated carbocycles. The number of aryl methyl sites for hydroxylation is 1. The molecule has 2 N–H and O–H groups in total. The number of benzene rings is 4. The van der Waals surface area contributed by atoms with Gasteiger partial charge in [-0.2, -0.15) is 0 Å². The fraction of sp³-hybridized carbons (Fsp3) is 0.0690. The maximum Gasteiger partial charge on any atom is 0.228 e. The fourth-order valence-electron chi connectivity index (χ4n) is 3.94. The van der Waals surface area contributed by atoms with E-state index in [2.05, 4.69) is 37.3 Å². The van der Waals surface area contributed by atoms with E-state index in [1.807, 2.05) is 72.8 Å². The summed E-state index contributed by atoms with van der Waals surface area (Å²) in [4.78, 5) is 4.98. The molecule has 0 aliphatic rings. The van der Waals surface area contributed by atoms with Crippen molar-refractivity contribution in [3.05, 3.63) is 109 Å². The van der Waals surface area contributed by atoms with Crippen molar-refractivity contribution in [1.29, 1.82) is 0 Å². The molecule has 1 heterocycles. The second kappa shape index (κ2) is 8.94. The normalized spacial score (nSPS) is 10.5. The SMILES string of the molecule is C.Cc1cccc(-c2nc(-c3ccccc3)c(-c3ccccc3)o2)c1-c1cccc(N)c1. The van der Waals surface area contributed by atoms with E-state index in [-0.39, 0.29) is 7.43 Å². The van der Waals surface area contributed by atoms with Crippen molar-refractivity contribution in [3.8, 4) is 45.2 Å². The molecule has 0 saturated heterocycles. The number of nitrogen functional groups attached to an aromatic ring is 1. The van der Waals surface area contributed by atoms with Gasteiger partial charge < -0.3 is 10.2 Å². The van der Waals surface area contributed by atoms with Crippen LogP contribution in [-0.2, 0) is 0 Å². The van der Waals surface area contributed by atoms with Crippen molar-refractivity contribution in [2.24, 2.45) is 0 Å². The Labute approximate surface area is 189 Å². The average Bonchev–Trinajstić information content (AvgIpc) is 3.25. The first-order valence-electron chi connectivity index (χ1n) is 10.3. The summed E-state index contributed by atoms with van der Waals surface area (Å²) in [6.45, 7) is 2.10. The molecule has 0 aliphatic carbocycles. The van der Waals surface area contributed by atoms with Crippen molar-refractivity contribution in [2.45, 2.75) is 14.4 Å². The van der Waals surface area contributed by atoms with Gasteiger partial charge in [0.1, 0.15) is 5.69 Å². The predicted octanol–water partition coefficient (Wildman–Crippen LogP) is 7.87. The van der Waals surface area contributed by atoms with Gasteiger partial charge in [0.05, 0.1) is 0 Å². The number of oxazole rings is 1. The van der Waals surface area contributed by atoms with E-state index in [9.17, 15) is 0 Å². The molecule has 32 heavy (non-hydrogen) atoms. The summed E-state index contributed by atoms with van der Waals surface area (Å²) in [7, 11) is 0. The average molecular weight is 419 g/mol. The Morgan fingerprint density at radius 1 is 0.688 bits per heavy atom. The van der Waals surface area contributed by atoms with Crippen molar-refractivity contribution in [2.75, 3.05) is 5.73 Å². The number of aromatic nitrogens is 1. The van der Waals surface area contributed by atoms with Crippen LogP contribution in [0.4, 0.5) is 5.69 Å².